The topological polar surface area (TPSA) is 247 Å². The fraction of sp³-hybridized carbons (Fsp3) is 0.689. The molecule has 1 aromatic carbocycles. The number of aliphatic hydroxyl groups is 2. The number of methoxy groups -OCH3 is 1. The third-order valence-electron chi connectivity index (χ3n) is 11.9. The molecule has 0 bridgehead atoms. The Bertz CT molecular complexity index is 1790. The van der Waals surface area contributed by atoms with Gasteiger partial charge in [0.25, 0.3) is 0 Å². The van der Waals surface area contributed by atoms with Gasteiger partial charge in [0, 0.05) is 20.0 Å². The number of rotatable bonds is 10. The van der Waals surface area contributed by atoms with Crippen LogP contribution in [0.5, 0.6) is 5.75 Å². The van der Waals surface area contributed by atoms with Crippen molar-refractivity contribution in [2.24, 2.45) is 23.7 Å². The first-order chi connectivity index (χ1) is 29.5. The summed E-state index contributed by atoms with van der Waals surface area (Å²) in [5, 5.41) is 29.4. The Morgan fingerprint density at radius 1 is 0.937 bits per heavy atom. The first kappa shape index (κ1) is 52.2. The zero-order valence-corrected chi connectivity index (χ0v) is 38.5. The van der Waals surface area contributed by atoms with E-state index in [1.165, 1.54) is 44.7 Å². The van der Waals surface area contributed by atoms with E-state index in [9.17, 15) is 48.6 Å². The molecule has 0 aromatic heterocycles. The molecule has 18 heteroatoms. The normalized spacial score (nSPS) is 28.7. The quantitative estimate of drug-likeness (QED) is 0.165. The Kier molecular flexibility index (Phi) is 19.5. The summed E-state index contributed by atoms with van der Waals surface area (Å²) in [6.07, 6.45) is -5.54. The van der Waals surface area contributed by atoms with Gasteiger partial charge in [-0.25, -0.2) is 4.79 Å². The molecule has 2 aliphatic rings. The minimum absolute atomic E-state index is 0.0803. The number of carbonyl (C=O) groups is 8. The van der Waals surface area contributed by atoms with E-state index in [0.717, 1.165) is 0 Å². The van der Waals surface area contributed by atoms with Gasteiger partial charge in [-0.3, -0.25) is 33.6 Å². The third kappa shape index (κ3) is 13.9. The van der Waals surface area contributed by atoms with Crippen molar-refractivity contribution in [1.29, 1.82) is 0 Å². The molecule has 63 heavy (non-hydrogen) atoms. The molecule has 0 radical (unpaired) electrons. The van der Waals surface area contributed by atoms with Crippen LogP contribution in [0.25, 0.3) is 0 Å². The van der Waals surface area contributed by atoms with E-state index in [1.54, 1.807) is 52.0 Å². The summed E-state index contributed by atoms with van der Waals surface area (Å²) in [5.41, 5.74) is 0.602. The number of hydrogen-bond acceptors (Lipinski definition) is 13. The van der Waals surface area contributed by atoms with Crippen LogP contribution in [-0.4, -0.2) is 143 Å². The molecule has 0 aliphatic carbocycles. The smallest absolute Gasteiger partial charge is 0.329 e. The van der Waals surface area contributed by atoms with E-state index in [1.807, 2.05) is 13.8 Å². The first-order valence-electron chi connectivity index (χ1n) is 21.9. The molecule has 2 aliphatic heterocycles. The van der Waals surface area contributed by atoms with Crippen molar-refractivity contribution >= 4 is 47.3 Å². The summed E-state index contributed by atoms with van der Waals surface area (Å²) < 4.78 is 16.8. The number of ketones is 1. The molecule has 1 aromatic rings. The lowest BCUT2D eigenvalue weighted by Gasteiger charge is -2.35. The standard InChI is InChI=1S/C45H69N5O13/c1-12-25(6)36-34(52)22-35(53)63-39(24(4)5)38(54)26(7)40(55)46-31(20-23(2)3)43(58)50-19-13-14-32(50)44(59)49(10)33(21-29-15-17-30(61-11)18-16-29)45(60)62-28(9)37(42(57)47-36)48-41(56)27(8)51/h15-18,23-28,31-34,36-37,39,51-52H,12-14,19-22H2,1-11H3,(H,46,55)(H,47,57)(H,48,56)/t25-,26-,27-,28-,31+,32-,33-,34+,36+,37-,39+/m0/s1. The molecule has 0 saturated carbocycles. The number of cyclic esters (lactones) is 2. The number of Topliss-reactive ketones (excluding diaryl/α,β-unsaturated/α-hetero) is 1. The summed E-state index contributed by atoms with van der Waals surface area (Å²) in [5.74, 6) is -8.56. The maximum atomic E-state index is 14.5. The van der Waals surface area contributed by atoms with Crippen LogP contribution in [0.4, 0.5) is 0 Å². The zero-order valence-electron chi connectivity index (χ0n) is 38.5. The van der Waals surface area contributed by atoms with Crippen LogP contribution in [0, 0.1) is 23.7 Å². The molecule has 3 rings (SSSR count). The summed E-state index contributed by atoms with van der Waals surface area (Å²) in [6.45, 7) is 14.5. The summed E-state index contributed by atoms with van der Waals surface area (Å²) >= 11 is 0. The number of aliphatic hydroxyl groups excluding tert-OH is 2. The van der Waals surface area contributed by atoms with Gasteiger partial charge >= 0.3 is 11.9 Å². The van der Waals surface area contributed by atoms with Gasteiger partial charge in [-0.15, -0.1) is 0 Å². The highest BCUT2D eigenvalue weighted by molar-refractivity contribution is 6.05. The monoisotopic (exact) mass is 887 g/mol. The van der Waals surface area contributed by atoms with Gasteiger partial charge in [0.1, 0.15) is 42.1 Å². The number of carbonyl (C=O) groups excluding carboxylic acids is 8. The Balaban J connectivity index is 2.20. The van der Waals surface area contributed by atoms with Gasteiger partial charge in [-0.2, -0.15) is 0 Å². The molecule has 0 spiro atoms. The maximum absolute atomic E-state index is 14.5. The second kappa shape index (κ2) is 23.5. The number of esters is 2. The molecular weight excluding hydrogens is 819 g/mol. The van der Waals surface area contributed by atoms with Crippen LogP contribution in [0.15, 0.2) is 24.3 Å². The number of benzene rings is 1. The van der Waals surface area contributed by atoms with E-state index in [2.05, 4.69) is 16.0 Å². The largest absolute Gasteiger partial charge is 0.497 e. The third-order valence-corrected chi connectivity index (χ3v) is 11.9. The lowest BCUT2D eigenvalue weighted by atomic mass is 9.91. The first-order valence-corrected chi connectivity index (χ1v) is 21.9. The van der Waals surface area contributed by atoms with E-state index < -0.39 is 126 Å². The highest BCUT2D eigenvalue weighted by atomic mass is 16.6. The molecule has 2 heterocycles. The van der Waals surface area contributed by atoms with Crippen molar-refractivity contribution in [2.75, 3.05) is 20.7 Å². The lowest BCUT2D eigenvalue weighted by molar-refractivity contribution is -0.163. The summed E-state index contributed by atoms with van der Waals surface area (Å²) in [4.78, 5) is 114. The van der Waals surface area contributed by atoms with E-state index in [0.29, 0.717) is 24.2 Å². The Labute approximate surface area is 370 Å². The second-order valence-corrected chi connectivity index (χ2v) is 17.7. The fourth-order valence-corrected chi connectivity index (χ4v) is 7.74. The predicted molar refractivity (Wildman–Crippen MR) is 229 cm³/mol. The number of nitrogens with zero attached hydrogens (tertiary/aromatic N) is 2. The molecule has 5 N–H and O–H groups in total. The van der Waals surface area contributed by atoms with Crippen molar-refractivity contribution < 1.29 is 62.8 Å². The Hall–Kier alpha value is -5.10. The molecule has 2 saturated heterocycles. The SMILES string of the molecule is CC[C@H](C)[C@H]1NC(=O)[C@@H](NC(=O)[C@H](C)O)[C@H](C)OC(=O)[C@H](Cc2ccc(OC)cc2)N(C)C(=O)[C@@H]2CCCN2C(=O)[C@@H](CC(C)C)NC(=O)[C@@H](C)C(=O)[C@@H](C(C)C)OC(=O)C[C@H]1O. The molecule has 5 amide bonds. The molecule has 18 nitrogen and oxygen atoms in total. The lowest BCUT2D eigenvalue weighted by Crippen LogP contribution is -2.60. The maximum Gasteiger partial charge on any atom is 0.329 e. The van der Waals surface area contributed by atoms with Crippen molar-refractivity contribution in [3.8, 4) is 5.75 Å². The predicted octanol–water partition coefficient (Wildman–Crippen LogP) is 1.45. The van der Waals surface area contributed by atoms with Crippen molar-refractivity contribution in [3.63, 3.8) is 0 Å². The van der Waals surface area contributed by atoms with Crippen LogP contribution in [-0.2, 0) is 54.3 Å². The van der Waals surface area contributed by atoms with Gasteiger partial charge in [0.2, 0.25) is 29.5 Å². The number of amides is 5. The van der Waals surface area contributed by atoms with Crippen LogP contribution in [0.1, 0.15) is 100.0 Å². The van der Waals surface area contributed by atoms with Gasteiger partial charge in [0.05, 0.1) is 31.6 Å². The molecule has 352 valence electrons. The fourth-order valence-electron chi connectivity index (χ4n) is 7.74. The van der Waals surface area contributed by atoms with E-state index >= 15 is 0 Å². The molecule has 2 fully saturated rings. The minimum atomic E-state index is -1.65. The van der Waals surface area contributed by atoms with Gasteiger partial charge in [-0.05, 0) is 75.5 Å². The number of ether oxygens (including phenoxy) is 3. The highest BCUT2D eigenvalue weighted by Crippen LogP contribution is 2.26. The van der Waals surface area contributed by atoms with E-state index in [-0.39, 0.29) is 31.7 Å². The van der Waals surface area contributed by atoms with Crippen LogP contribution in [0.3, 0.4) is 0 Å². The Morgan fingerprint density at radius 2 is 1.57 bits per heavy atom. The average Bonchev–Trinajstić information content (AvgIpc) is 3.73. The van der Waals surface area contributed by atoms with Crippen molar-refractivity contribution in [2.45, 2.75) is 155 Å². The van der Waals surface area contributed by atoms with Crippen LogP contribution < -0.4 is 20.7 Å². The van der Waals surface area contributed by atoms with Crippen LogP contribution in [0.2, 0.25) is 0 Å². The summed E-state index contributed by atoms with van der Waals surface area (Å²) in [6, 6.07) is 0.442. The number of likely N-dealkylation sites (N-methyl/N-ethyl adjacent to an activating group) is 1. The zero-order chi connectivity index (χ0) is 47.5. The number of fused-ring (bicyclic) bond motifs is 1. The number of hydrogen-bond donors (Lipinski definition) is 5. The van der Waals surface area contributed by atoms with Gasteiger partial charge in [0.15, 0.2) is 11.9 Å². The van der Waals surface area contributed by atoms with Crippen molar-refractivity contribution in [3.05, 3.63) is 29.8 Å². The Morgan fingerprint density at radius 3 is 2.13 bits per heavy atom. The van der Waals surface area contributed by atoms with Gasteiger partial charge < -0.3 is 50.2 Å². The van der Waals surface area contributed by atoms with Crippen LogP contribution >= 0.6 is 0 Å². The molecule has 11 atom stereocenters. The molecule has 0 unspecified atom stereocenters. The molecular formula is C45H69N5O13. The van der Waals surface area contributed by atoms with E-state index in [4.69, 9.17) is 14.2 Å². The second-order valence-electron chi connectivity index (χ2n) is 17.7. The van der Waals surface area contributed by atoms with Crippen molar-refractivity contribution in [1.82, 2.24) is 25.8 Å². The summed E-state index contributed by atoms with van der Waals surface area (Å²) in [7, 11) is 2.90. The average molecular weight is 888 g/mol. The minimum Gasteiger partial charge on any atom is -0.497 e. The highest BCUT2D eigenvalue weighted by Gasteiger charge is 2.44. The van der Waals surface area contributed by atoms with Gasteiger partial charge in [-0.1, -0.05) is 60.1 Å². The number of nitrogens with one attached hydrogen (secondary N) is 3.